The summed E-state index contributed by atoms with van der Waals surface area (Å²) in [5.41, 5.74) is 7.57. The number of amides is 1. The first-order valence-corrected chi connectivity index (χ1v) is 5.25. The normalized spacial score (nSPS) is 11.6. The van der Waals surface area contributed by atoms with Gasteiger partial charge in [-0.25, -0.2) is 0 Å². The third-order valence-corrected chi connectivity index (χ3v) is 2.38. The lowest BCUT2D eigenvalue weighted by atomic mass is 10.1. The van der Waals surface area contributed by atoms with Gasteiger partial charge < -0.3 is 16.2 Å². The van der Waals surface area contributed by atoms with E-state index in [9.17, 15) is 9.90 Å². The number of phenols is 1. The molecule has 1 rings (SSSR count). The molecule has 0 saturated heterocycles. The van der Waals surface area contributed by atoms with E-state index >= 15 is 0 Å². The Kier molecular flexibility index (Phi) is 4.13. The molecular weight excluding hydrogens is 216 g/mol. The van der Waals surface area contributed by atoms with E-state index in [-0.39, 0.29) is 12.2 Å². The van der Waals surface area contributed by atoms with Crippen LogP contribution >= 0.6 is 0 Å². The number of aryl methyl sites for hydroxylation is 2. The van der Waals surface area contributed by atoms with Crippen LogP contribution in [0.4, 0.5) is 5.69 Å². The lowest BCUT2D eigenvalue weighted by molar-refractivity contribution is -0.117. The van der Waals surface area contributed by atoms with Crippen LogP contribution in [0.15, 0.2) is 12.1 Å². The van der Waals surface area contributed by atoms with Crippen molar-refractivity contribution in [2.24, 2.45) is 5.73 Å². The van der Waals surface area contributed by atoms with E-state index in [4.69, 9.17) is 12.2 Å². The van der Waals surface area contributed by atoms with Crippen LogP contribution in [-0.2, 0) is 4.79 Å². The largest absolute Gasteiger partial charge is 0.505 e. The Balaban J connectivity index is 2.89. The van der Waals surface area contributed by atoms with Gasteiger partial charge in [-0.15, -0.1) is 12.3 Å². The topological polar surface area (TPSA) is 75.4 Å². The van der Waals surface area contributed by atoms with Gasteiger partial charge in [-0.1, -0.05) is 6.07 Å². The van der Waals surface area contributed by atoms with E-state index in [2.05, 4.69) is 11.2 Å². The standard InChI is InChI=1S/C13H16N2O2/c1-4-5-10(14)13(17)15-11-7-8(2)6-9(3)12(11)16/h1,6-7,10,16H,5,14H2,2-3H3,(H,15,17). The lowest BCUT2D eigenvalue weighted by Gasteiger charge is -2.13. The summed E-state index contributed by atoms with van der Waals surface area (Å²) in [6.07, 6.45) is 5.24. The summed E-state index contributed by atoms with van der Waals surface area (Å²) in [5, 5.41) is 12.4. The molecule has 4 nitrogen and oxygen atoms in total. The highest BCUT2D eigenvalue weighted by molar-refractivity contribution is 5.96. The van der Waals surface area contributed by atoms with Crippen molar-refractivity contribution < 1.29 is 9.90 Å². The van der Waals surface area contributed by atoms with Crippen molar-refractivity contribution in [3.05, 3.63) is 23.3 Å². The highest BCUT2D eigenvalue weighted by Gasteiger charge is 2.14. The van der Waals surface area contributed by atoms with Gasteiger partial charge in [0.25, 0.3) is 0 Å². The fourth-order valence-electron chi connectivity index (χ4n) is 1.50. The number of nitrogens with one attached hydrogen (secondary N) is 1. The van der Waals surface area contributed by atoms with Gasteiger partial charge in [0, 0.05) is 6.42 Å². The minimum absolute atomic E-state index is 0.0526. The fourth-order valence-corrected chi connectivity index (χ4v) is 1.50. The van der Waals surface area contributed by atoms with Crippen molar-refractivity contribution in [2.45, 2.75) is 26.3 Å². The third kappa shape index (κ3) is 3.23. The summed E-state index contributed by atoms with van der Waals surface area (Å²) in [5.74, 6) is 1.98. The number of aromatic hydroxyl groups is 1. The van der Waals surface area contributed by atoms with Crippen LogP contribution in [0.5, 0.6) is 5.75 Å². The van der Waals surface area contributed by atoms with Gasteiger partial charge in [-0.05, 0) is 31.0 Å². The maximum atomic E-state index is 11.6. The number of benzene rings is 1. The molecule has 0 heterocycles. The van der Waals surface area contributed by atoms with E-state index in [0.29, 0.717) is 11.3 Å². The Morgan fingerprint density at radius 2 is 2.24 bits per heavy atom. The second kappa shape index (κ2) is 5.37. The van der Waals surface area contributed by atoms with E-state index in [1.54, 1.807) is 13.0 Å². The van der Waals surface area contributed by atoms with E-state index < -0.39 is 11.9 Å². The minimum Gasteiger partial charge on any atom is -0.505 e. The molecule has 4 N–H and O–H groups in total. The smallest absolute Gasteiger partial charge is 0.242 e. The van der Waals surface area contributed by atoms with Crippen molar-refractivity contribution >= 4 is 11.6 Å². The number of carbonyl (C=O) groups excluding carboxylic acids is 1. The van der Waals surface area contributed by atoms with E-state index in [0.717, 1.165) is 5.56 Å². The average molecular weight is 232 g/mol. The summed E-state index contributed by atoms with van der Waals surface area (Å²) < 4.78 is 0. The Hall–Kier alpha value is -1.99. The SMILES string of the molecule is C#CCC(N)C(=O)Nc1cc(C)cc(C)c1O. The summed E-state index contributed by atoms with van der Waals surface area (Å²) in [6.45, 7) is 3.64. The number of rotatable bonds is 3. The third-order valence-electron chi connectivity index (χ3n) is 2.38. The number of carbonyl (C=O) groups is 1. The summed E-state index contributed by atoms with van der Waals surface area (Å²) in [7, 11) is 0. The molecule has 1 amide bonds. The molecule has 1 atom stereocenters. The zero-order valence-corrected chi connectivity index (χ0v) is 9.95. The summed E-state index contributed by atoms with van der Waals surface area (Å²) in [4.78, 5) is 11.6. The molecular formula is C13H16N2O2. The summed E-state index contributed by atoms with van der Waals surface area (Å²) >= 11 is 0. The maximum Gasteiger partial charge on any atom is 0.242 e. The molecule has 1 aromatic carbocycles. The molecule has 90 valence electrons. The second-order valence-electron chi connectivity index (χ2n) is 3.98. The van der Waals surface area contributed by atoms with Gasteiger partial charge >= 0.3 is 0 Å². The van der Waals surface area contributed by atoms with E-state index in [1.807, 2.05) is 13.0 Å². The van der Waals surface area contributed by atoms with Crippen molar-refractivity contribution in [1.82, 2.24) is 0 Å². The van der Waals surface area contributed by atoms with Crippen molar-refractivity contribution in [3.63, 3.8) is 0 Å². The quantitative estimate of drug-likeness (QED) is 0.543. The maximum absolute atomic E-state index is 11.6. The van der Waals surface area contributed by atoms with Gasteiger partial charge in [0.15, 0.2) is 0 Å². The first kappa shape index (κ1) is 13.1. The highest BCUT2D eigenvalue weighted by Crippen LogP contribution is 2.28. The van der Waals surface area contributed by atoms with Crippen LogP contribution in [0.2, 0.25) is 0 Å². The Morgan fingerprint density at radius 1 is 1.59 bits per heavy atom. The van der Waals surface area contributed by atoms with E-state index in [1.165, 1.54) is 0 Å². The fraction of sp³-hybridized carbons (Fsp3) is 0.308. The molecule has 0 aromatic heterocycles. The van der Waals surface area contributed by atoms with Gasteiger partial charge in [-0.2, -0.15) is 0 Å². The minimum atomic E-state index is -0.764. The Morgan fingerprint density at radius 3 is 2.82 bits per heavy atom. The monoisotopic (exact) mass is 232 g/mol. The Labute approximate surface area is 101 Å². The Bertz CT molecular complexity index is 475. The van der Waals surface area contributed by atoms with Crippen LogP contribution in [-0.4, -0.2) is 17.1 Å². The highest BCUT2D eigenvalue weighted by atomic mass is 16.3. The molecule has 0 bridgehead atoms. The average Bonchev–Trinajstić information content (AvgIpc) is 2.25. The summed E-state index contributed by atoms with van der Waals surface area (Å²) in [6, 6.07) is 2.75. The van der Waals surface area contributed by atoms with Gasteiger partial charge in [0.2, 0.25) is 5.91 Å². The van der Waals surface area contributed by atoms with Crippen LogP contribution in [0.3, 0.4) is 0 Å². The van der Waals surface area contributed by atoms with Crippen LogP contribution in [0, 0.1) is 26.2 Å². The van der Waals surface area contributed by atoms with Gasteiger partial charge in [0.05, 0.1) is 11.7 Å². The number of terminal acetylenes is 1. The molecule has 0 spiro atoms. The second-order valence-corrected chi connectivity index (χ2v) is 3.98. The number of anilines is 1. The predicted octanol–water partition coefficient (Wildman–Crippen LogP) is 1.30. The zero-order valence-electron chi connectivity index (χ0n) is 9.95. The predicted molar refractivity (Wildman–Crippen MR) is 67.6 cm³/mol. The number of phenolic OH excluding ortho intramolecular Hbond substituents is 1. The lowest BCUT2D eigenvalue weighted by Crippen LogP contribution is -2.35. The number of nitrogens with two attached hydrogens (primary N) is 1. The first-order chi connectivity index (χ1) is 7.95. The molecule has 0 aliphatic heterocycles. The molecule has 0 aliphatic carbocycles. The molecule has 0 aliphatic rings. The van der Waals surface area contributed by atoms with Crippen molar-refractivity contribution in [2.75, 3.05) is 5.32 Å². The molecule has 4 heteroatoms. The molecule has 1 aromatic rings. The zero-order chi connectivity index (χ0) is 13.0. The van der Waals surface area contributed by atoms with Crippen molar-refractivity contribution in [1.29, 1.82) is 0 Å². The van der Waals surface area contributed by atoms with Crippen LogP contribution in [0.1, 0.15) is 17.5 Å². The number of hydrogen-bond acceptors (Lipinski definition) is 3. The molecule has 17 heavy (non-hydrogen) atoms. The first-order valence-electron chi connectivity index (χ1n) is 5.25. The number of hydrogen-bond donors (Lipinski definition) is 3. The molecule has 0 radical (unpaired) electrons. The van der Waals surface area contributed by atoms with Crippen LogP contribution in [0.25, 0.3) is 0 Å². The molecule has 0 saturated carbocycles. The molecule has 0 fully saturated rings. The van der Waals surface area contributed by atoms with Gasteiger partial charge in [0.1, 0.15) is 5.75 Å². The molecule has 1 unspecified atom stereocenters. The van der Waals surface area contributed by atoms with Gasteiger partial charge in [-0.3, -0.25) is 4.79 Å². The van der Waals surface area contributed by atoms with Crippen molar-refractivity contribution in [3.8, 4) is 18.1 Å². The van der Waals surface area contributed by atoms with Crippen LogP contribution < -0.4 is 11.1 Å².